The van der Waals surface area contributed by atoms with E-state index in [1.54, 1.807) is 20.4 Å². The molecule has 0 saturated carbocycles. The van der Waals surface area contributed by atoms with Gasteiger partial charge in [-0.3, -0.25) is 9.59 Å². The predicted octanol–water partition coefficient (Wildman–Crippen LogP) is 1.90. The van der Waals surface area contributed by atoms with Gasteiger partial charge in [0.15, 0.2) is 0 Å². The summed E-state index contributed by atoms with van der Waals surface area (Å²) in [6, 6.07) is 5.62. The fourth-order valence-electron chi connectivity index (χ4n) is 4.04. The Hall–Kier alpha value is -3.33. The summed E-state index contributed by atoms with van der Waals surface area (Å²) in [5, 5.41) is 0. The van der Waals surface area contributed by atoms with Gasteiger partial charge in [0.05, 0.1) is 35.2 Å². The lowest BCUT2D eigenvalue weighted by Crippen LogP contribution is -2.39. The molecule has 9 nitrogen and oxygen atoms in total. The number of carbonyl (C=O) groups is 2. The number of carbonyl (C=O) groups excluding carboxylic acids is 2. The van der Waals surface area contributed by atoms with Crippen LogP contribution in [0.2, 0.25) is 0 Å². The van der Waals surface area contributed by atoms with Gasteiger partial charge < -0.3 is 19.9 Å². The average Bonchev–Trinajstić information content (AvgIpc) is 3.19. The van der Waals surface area contributed by atoms with Crippen LogP contribution >= 0.6 is 0 Å². The second-order valence-corrected chi connectivity index (χ2v) is 7.82. The Kier molecular flexibility index (Phi) is 5.94. The number of rotatable bonds is 6. The summed E-state index contributed by atoms with van der Waals surface area (Å²) < 4.78 is 7.15. The van der Waals surface area contributed by atoms with E-state index >= 15 is 0 Å². The van der Waals surface area contributed by atoms with Gasteiger partial charge >= 0.3 is 0 Å². The molecule has 0 aliphatic carbocycles. The molecule has 0 radical (unpaired) electrons. The van der Waals surface area contributed by atoms with E-state index in [0.29, 0.717) is 48.9 Å². The summed E-state index contributed by atoms with van der Waals surface area (Å²) in [4.78, 5) is 39.7. The number of nitrogens with zero attached hydrogens (tertiary/aromatic N) is 5. The average molecular weight is 422 g/mol. The van der Waals surface area contributed by atoms with Gasteiger partial charge in [0, 0.05) is 44.4 Å². The molecule has 1 saturated heterocycles. The lowest BCUT2D eigenvalue weighted by Gasteiger charge is -2.32. The Morgan fingerprint density at radius 1 is 1.29 bits per heavy atom. The molecule has 1 fully saturated rings. The van der Waals surface area contributed by atoms with Crippen LogP contribution in [0.15, 0.2) is 30.7 Å². The van der Waals surface area contributed by atoms with Crippen LogP contribution in [0.1, 0.15) is 51.0 Å². The van der Waals surface area contributed by atoms with Gasteiger partial charge in [0.25, 0.3) is 11.8 Å². The van der Waals surface area contributed by atoms with Crippen molar-refractivity contribution in [3.63, 3.8) is 0 Å². The molecule has 2 N–H and O–H groups in total. The summed E-state index contributed by atoms with van der Waals surface area (Å²) >= 11 is 0. The highest BCUT2D eigenvalue weighted by atomic mass is 16.5. The standard InChI is InChI=1S/C22H26N6O3/c1-14-17(20(23)29)11-24-21(26-14)16-4-3-7-27(12-16)22(30)15-5-6-19-18(10-15)25-13-28(19)8-9-31-2/h5-6,10-11,13,16H,3-4,7-9,12H2,1-2H3,(H2,23,29)/t16-/m0/s1. The van der Waals surface area contributed by atoms with E-state index in [1.165, 1.54) is 6.20 Å². The Labute approximate surface area is 180 Å². The van der Waals surface area contributed by atoms with Crippen molar-refractivity contribution in [3.05, 3.63) is 53.4 Å². The third-order valence-electron chi connectivity index (χ3n) is 5.74. The van der Waals surface area contributed by atoms with Gasteiger partial charge in [-0.05, 0) is 38.0 Å². The lowest BCUT2D eigenvalue weighted by molar-refractivity contribution is 0.0704. The van der Waals surface area contributed by atoms with Gasteiger partial charge in [0.1, 0.15) is 5.82 Å². The zero-order valence-corrected chi connectivity index (χ0v) is 17.7. The number of hydrogen-bond donors (Lipinski definition) is 1. The Balaban J connectivity index is 1.51. The Bertz CT molecular complexity index is 1130. The van der Waals surface area contributed by atoms with Crippen LogP contribution < -0.4 is 5.73 Å². The number of primary amides is 1. The minimum Gasteiger partial charge on any atom is -0.383 e. The fourth-order valence-corrected chi connectivity index (χ4v) is 4.04. The maximum atomic E-state index is 13.2. The number of aromatic nitrogens is 4. The summed E-state index contributed by atoms with van der Waals surface area (Å²) in [5.74, 6) is 0.107. The number of piperidine rings is 1. The number of nitrogens with two attached hydrogens (primary N) is 1. The molecule has 2 amide bonds. The molecular formula is C22H26N6O3. The second-order valence-electron chi connectivity index (χ2n) is 7.82. The third kappa shape index (κ3) is 4.27. The molecule has 2 aromatic heterocycles. The predicted molar refractivity (Wildman–Crippen MR) is 115 cm³/mol. The first-order chi connectivity index (χ1) is 15.0. The molecule has 162 valence electrons. The van der Waals surface area contributed by atoms with Crippen molar-refractivity contribution in [1.29, 1.82) is 0 Å². The van der Waals surface area contributed by atoms with Crippen molar-refractivity contribution in [2.45, 2.75) is 32.2 Å². The minimum atomic E-state index is -0.537. The number of ether oxygens (including phenoxy) is 1. The van der Waals surface area contributed by atoms with E-state index in [0.717, 1.165) is 23.9 Å². The first-order valence-electron chi connectivity index (χ1n) is 10.3. The summed E-state index contributed by atoms with van der Waals surface area (Å²) in [6.07, 6.45) is 5.01. The Morgan fingerprint density at radius 3 is 2.87 bits per heavy atom. The number of benzene rings is 1. The van der Waals surface area contributed by atoms with Gasteiger partial charge in [0.2, 0.25) is 0 Å². The lowest BCUT2D eigenvalue weighted by atomic mass is 9.96. The van der Waals surface area contributed by atoms with Crippen molar-refractivity contribution in [1.82, 2.24) is 24.4 Å². The topological polar surface area (TPSA) is 116 Å². The van der Waals surface area contributed by atoms with E-state index in [-0.39, 0.29) is 11.8 Å². The molecule has 9 heteroatoms. The highest BCUT2D eigenvalue weighted by molar-refractivity contribution is 5.97. The molecule has 4 rings (SSSR count). The van der Waals surface area contributed by atoms with E-state index in [4.69, 9.17) is 10.5 Å². The molecule has 1 aliphatic heterocycles. The largest absolute Gasteiger partial charge is 0.383 e. The highest BCUT2D eigenvalue weighted by Gasteiger charge is 2.28. The molecule has 0 bridgehead atoms. The number of methoxy groups -OCH3 is 1. The molecule has 0 unspecified atom stereocenters. The summed E-state index contributed by atoms with van der Waals surface area (Å²) in [6.45, 7) is 4.28. The quantitative estimate of drug-likeness (QED) is 0.649. The van der Waals surface area contributed by atoms with Gasteiger partial charge in [-0.1, -0.05) is 0 Å². The van der Waals surface area contributed by atoms with Crippen LogP contribution in [-0.2, 0) is 11.3 Å². The van der Waals surface area contributed by atoms with Crippen molar-refractivity contribution < 1.29 is 14.3 Å². The number of likely N-dealkylation sites (tertiary alicyclic amines) is 1. The van der Waals surface area contributed by atoms with Crippen LogP contribution in [-0.4, -0.2) is 63.0 Å². The van der Waals surface area contributed by atoms with Gasteiger partial charge in [-0.25, -0.2) is 15.0 Å². The summed E-state index contributed by atoms with van der Waals surface area (Å²) in [5.41, 5.74) is 8.62. The molecule has 1 atom stereocenters. The molecule has 1 aliphatic rings. The van der Waals surface area contributed by atoms with E-state index in [1.807, 2.05) is 27.7 Å². The van der Waals surface area contributed by atoms with Crippen LogP contribution in [0.3, 0.4) is 0 Å². The maximum absolute atomic E-state index is 13.2. The van der Waals surface area contributed by atoms with Crippen molar-refractivity contribution in [2.24, 2.45) is 5.73 Å². The van der Waals surface area contributed by atoms with Crippen molar-refractivity contribution in [2.75, 3.05) is 26.8 Å². The van der Waals surface area contributed by atoms with Gasteiger partial charge in [-0.2, -0.15) is 0 Å². The summed E-state index contributed by atoms with van der Waals surface area (Å²) in [7, 11) is 1.67. The minimum absolute atomic E-state index is 0.0234. The number of hydrogen-bond acceptors (Lipinski definition) is 6. The smallest absolute Gasteiger partial charge is 0.253 e. The highest BCUT2D eigenvalue weighted by Crippen LogP contribution is 2.26. The van der Waals surface area contributed by atoms with Crippen molar-refractivity contribution >= 4 is 22.8 Å². The fraction of sp³-hybridized carbons (Fsp3) is 0.409. The van der Waals surface area contributed by atoms with Crippen LogP contribution in [0.4, 0.5) is 0 Å². The first kappa shape index (κ1) is 20.9. The molecule has 3 aromatic rings. The zero-order valence-electron chi connectivity index (χ0n) is 17.7. The maximum Gasteiger partial charge on any atom is 0.253 e. The van der Waals surface area contributed by atoms with E-state index in [2.05, 4.69) is 15.0 Å². The van der Waals surface area contributed by atoms with Gasteiger partial charge in [-0.15, -0.1) is 0 Å². The number of fused-ring (bicyclic) bond motifs is 1. The second kappa shape index (κ2) is 8.81. The first-order valence-corrected chi connectivity index (χ1v) is 10.3. The molecule has 0 spiro atoms. The third-order valence-corrected chi connectivity index (χ3v) is 5.74. The van der Waals surface area contributed by atoms with Crippen LogP contribution in [0, 0.1) is 6.92 Å². The molecule has 31 heavy (non-hydrogen) atoms. The van der Waals surface area contributed by atoms with Crippen molar-refractivity contribution in [3.8, 4) is 0 Å². The zero-order chi connectivity index (χ0) is 22.0. The van der Waals surface area contributed by atoms with E-state index in [9.17, 15) is 9.59 Å². The van der Waals surface area contributed by atoms with Crippen LogP contribution in [0.5, 0.6) is 0 Å². The monoisotopic (exact) mass is 422 g/mol. The normalized spacial score (nSPS) is 16.6. The number of imidazole rings is 1. The SMILES string of the molecule is COCCn1cnc2cc(C(=O)N3CCC[C@H](c4ncc(C(N)=O)c(C)n4)C3)ccc21. The number of aryl methyl sites for hydroxylation is 1. The van der Waals surface area contributed by atoms with E-state index < -0.39 is 5.91 Å². The Morgan fingerprint density at radius 2 is 2.13 bits per heavy atom. The molecule has 3 heterocycles. The molecule has 1 aromatic carbocycles. The van der Waals surface area contributed by atoms with Crippen LogP contribution in [0.25, 0.3) is 11.0 Å². The molecular weight excluding hydrogens is 396 g/mol. The number of amides is 2.